The second-order valence-corrected chi connectivity index (χ2v) is 4.72. The third-order valence-electron chi connectivity index (χ3n) is 2.87. The lowest BCUT2D eigenvalue weighted by Crippen LogP contribution is -2.11. The number of ether oxygens (including phenoxy) is 1. The highest BCUT2D eigenvalue weighted by Crippen LogP contribution is 2.30. The minimum Gasteiger partial charge on any atom is -0.492 e. The summed E-state index contributed by atoms with van der Waals surface area (Å²) in [4.78, 5) is 0. The lowest BCUT2D eigenvalue weighted by molar-refractivity contribution is 0.310. The average Bonchev–Trinajstić information content (AvgIpc) is 2.46. The molecule has 0 unspecified atom stereocenters. The smallest absolute Gasteiger partial charge is 0.137 e. The molecule has 19 heavy (non-hydrogen) atoms. The topological polar surface area (TPSA) is 21.3 Å². The maximum absolute atomic E-state index is 6.25. The van der Waals surface area contributed by atoms with Crippen molar-refractivity contribution in [2.75, 3.05) is 20.2 Å². The fourth-order valence-electron chi connectivity index (χ4n) is 1.86. The fourth-order valence-corrected chi connectivity index (χ4v) is 2.09. The minimum atomic E-state index is 0.658. The Hall–Kier alpha value is -1.51. The molecule has 0 saturated carbocycles. The summed E-state index contributed by atoms with van der Waals surface area (Å²) in [5, 5.41) is 3.74. The first kappa shape index (κ1) is 13.9. The third-order valence-corrected chi connectivity index (χ3v) is 3.16. The molecule has 0 atom stereocenters. The van der Waals surface area contributed by atoms with Crippen molar-refractivity contribution >= 4 is 11.6 Å². The zero-order chi connectivity index (χ0) is 13.5. The van der Waals surface area contributed by atoms with Crippen molar-refractivity contribution in [1.82, 2.24) is 5.32 Å². The lowest BCUT2D eigenvalue weighted by atomic mass is 10.1. The monoisotopic (exact) mass is 275 g/mol. The van der Waals surface area contributed by atoms with E-state index in [0.29, 0.717) is 11.6 Å². The summed E-state index contributed by atoms with van der Waals surface area (Å²) in [5.41, 5.74) is 2.26. The van der Waals surface area contributed by atoms with Gasteiger partial charge in [0, 0.05) is 0 Å². The van der Waals surface area contributed by atoms with E-state index in [1.165, 1.54) is 0 Å². The number of nitrogens with one attached hydrogen (secondary N) is 1. The SMILES string of the molecule is CNCCCOc1ccc(-c2ccccc2)cc1Cl. The molecule has 0 aliphatic rings. The van der Waals surface area contributed by atoms with Gasteiger partial charge in [-0.25, -0.2) is 0 Å². The van der Waals surface area contributed by atoms with Gasteiger partial charge in [0.05, 0.1) is 11.6 Å². The Balaban J connectivity index is 2.05. The summed E-state index contributed by atoms with van der Waals surface area (Å²) in [7, 11) is 1.93. The van der Waals surface area contributed by atoms with Crippen LogP contribution in [-0.4, -0.2) is 20.2 Å². The van der Waals surface area contributed by atoms with Gasteiger partial charge in [0.1, 0.15) is 5.75 Å². The number of hydrogen-bond acceptors (Lipinski definition) is 2. The molecule has 0 aromatic heterocycles. The minimum absolute atomic E-state index is 0.658. The van der Waals surface area contributed by atoms with Gasteiger partial charge in [0.2, 0.25) is 0 Å². The molecule has 0 bridgehead atoms. The Morgan fingerprint density at radius 3 is 2.53 bits per heavy atom. The summed E-state index contributed by atoms with van der Waals surface area (Å²) in [6.07, 6.45) is 0.966. The van der Waals surface area contributed by atoms with Crippen LogP contribution in [0.1, 0.15) is 6.42 Å². The molecule has 1 N–H and O–H groups in total. The van der Waals surface area contributed by atoms with Crippen molar-refractivity contribution in [1.29, 1.82) is 0 Å². The van der Waals surface area contributed by atoms with Gasteiger partial charge in [-0.15, -0.1) is 0 Å². The van der Waals surface area contributed by atoms with Gasteiger partial charge >= 0.3 is 0 Å². The Morgan fingerprint density at radius 1 is 1.05 bits per heavy atom. The first-order valence-corrected chi connectivity index (χ1v) is 6.81. The molecule has 0 fully saturated rings. The van der Waals surface area contributed by atoms with Crippen LogP contribution in [0.15, 0.2) is 48.5 Å². The Labute approximate surface area is 119 Å². The van der Waals surface area contributed by atoms with Crippen LogP contribution < -0.4 is 10.1 Å². The van der Waals surface area contributed by atoms with Crippen LogP contribution in [0.5, 0.6) is 5.75 Å². The second kappa shape index (κ2) is 7.17. The van der Waals surface area contributed by atoms with Gasteiger partial charge in [0.15, 0.2) is 0 Å². The van der Waals surface area contributed by atoms with Crippen molar-refractivity contribution in [3.8, 4) is 16.9 Å². The van der Waals surface area contributed by atoms with E-state index in [4.69, 9.17) is 16.3 Å². The number of hydrogen-bond donors (Lipinski definition) is 1. The second-order valence-electron chi connectivity index (χ2n) is 4.32. The zero-order valence-electron chi connectivity index (χ0n) is 11.0. The van der Waals surface area contributed by atoms with E-state index in [2.05, 4.69) is 17.4 Å². The molecule has 100 valence electrons. The van der Waals surface area contributed by atoms with Crippen LogP contribution >= 0.6 is 11.6 Å². The predicted octanol–water partition coefficient (Wildman–Crippen LogP) is 4.00. The Bertz CT molecular complexity index is 513. The summed E-state index contributed by atoms with van der Waals surface area (Å²) >= 11 is 6.25. The average molecular weight is 276 g/mol. The van der Waals surface area contributed by atoms with Crippen molar-refractivity contribution in [3.63, 3.8) is 0 Å². The molecule has 2 nitrogen and oxygen atoms in total. The highest BCUT2D eigenvalue weighted by molar-refractivity contribution is 6.32. The van der Waals surface area contributed by atoms with E-state index in [-0.39, 0.29) is 0 Å². The standard InChI is InChI=1S/C16H18ClNO/c1-18-10-5-11-19-16-9-8-14(12-15(16)17)13-6-3-2-4-7-13/h2-4,6-9,12,18H,5,10-11H2,1H3. The number of halogens is 1. The summed E-state index contributed by atoms with van der Waals surface area (Å²) < 4.78 is 5.66. The van der Waals surface area contributed by atoms with Gasteiger partial charge in [0.25, 0.3) is 0 Å². The molecule has 0 heterocycles. The molecule has 0 amide bonds. The fraction of sp³-hybridized carbons (Fsp3) is 0.250. The summed E-state index contributed by atoms with van der Waals surface area (Å²) in [6.45, 7) is 1.62. The molecule has 0 radical (unpaired) electrons. The van der Waals surface area contributed by atoms with Crippen molar-refractivity contribution in [3.05, 3.63) is 53.6 Å². The summed E-state index contributed by atoms with van der Waals surface area (Å²) in [5.74, 6) is 0.748. The van der Waals surface area contributed by atoms with Crippen molar-refractivity contribution in [2.24, 2.45) is 0 Å². The normalized spacial score (nSPS) is 10.4. The molecule has 2 aromatic rings. The zero-order valence-corrected chi connectivity index (χ0v) is 11.8. The molecular formula is C16H18ClNO. The van der Waals surface area contributed by atoms with E-state index in [1.807, 2.05) is 43.4 Å². The Morgan fingerprint density at radius 2 is 1.84 bits per heavy atom. The first-order chi connectivity index (χ1) is 9.31. The maximum atomic E-state index is 6.25. The Kier molecular flexibility index (Phi) is 5.25. The van der Waals surface area contributed by atoms with Gasteiger partial charge in [-0.1, -0.05) is 48.0 Å². The molecule has 2 rings (SSSR count). The van der Waals surface area contributed by atoms with Crippen molar-refractivity contribution < 1.29 is 4.74 Å². The third kappa shape index (κ3) is 3.98. The highest BCUT2D eigenvalue weighted by Gasteiger charge is 2.04. The van der Waals surface area contributed by atoms with Crippen LogP contribution in [0.4, 0.5) is 0 Å². The lowest BCUT2D eigenvalue weighted by Gasteiger charge is -2.09. The number of benzene rings is 2. The van der Waals surface area contributed by atoms with Gasteiger partial charge in [-0.05, 0) is 43.3 Å². The van der Waals surface area contributed by atoms with Crippen LogP contribution in [0, 0.1) is 0 Å². The van der Waals surface area contributed by atoms with E-state index in [9.17, 15) is 0 Å². The molecule has 3 heteroatoms. The highest BCUT2D eigenvalue weighted by atomic mass is 35.5. The predicted molar refractivity (Wildman–Crippen MR) is 80.9 cm³/mol. The number of rotatable bonds is 6. The van der Waals surface area contributed by atoms with Gasteiger partial charge in [-0.2, -0.15) is 0 Å². The van der Waals surface area contributed by atoms with E-state index < -0.39 is 0 Å². The first-order valence-electron chi connectivity index (χ1n) is 6.43. The van der Waals surface area contributed by atoms with Gasteiger partial charge in [-0.3, -0.25) is 0 Å². The molecular weight excluding hydrogens is 258 g/mol. The van der Waals surface area contributed by atoms with Crippen LogP contribution in [0.2, 0.25) is 5.02 Å². The van der Waals surface area contributed by atoms with Crippen LogP contribution in [0.3, 0.4) is 0 Å². The summed E-state index contributed by atoms with van der Waals surface area (Å²) in [6, 6.07) is 16.1. The molecule has 2 aromatic carbocycles. The van der Waals surface area contributed by atoms with Gasteiger partial charge < -0.3 is 10.1 Å². The van der Waals surface area contributed by atoms with E-state index >= 15 is 0 Å². The van der Waals surface area contributed by atoms with Crippen LogP contribution in [-0.2, 0) is 0 Å². The molecule has 0 spiro atoms. The van der Waals surface area contributed by atoms with E-state index in [0.717, 1.165) is 29.8 Å². The largest absolute Gasteiger partial charge is 0.492 e. The van der Waals surface area contributed by atoms with E-state index in [1.54, 1.807) is 0 Å². The quantitative estimate of drug-likeness (QED) is 0.805. The maximum Gasteiger partial charge on any atom is 0.137 e. The molecule has 0 aliphatic carbocycles. The molecule has 0 aliphatic heterocycles. The molecule has 0 saturated heterocycles. The van der Waals surface area contributed by atoms with Crippen LogP contribution in [0.25, 0.3) is 11.1 Å². The van der Waals surface area contributed by atoms with Crippen molar-refractivity contribution in [2.45, 2.75) is 6.42 Å².